The van der Waals surface area contributed by atoms with Gasteiger partial charge in [-0.25, -0.2) is 0 Å². The average Bonchev–Trinajstić information content (AvgIpc) is 2.77. The van der Waals surface area contributed by atoms with Crippen molar-refractivity contribution in [1.82, 2.24) is 5.32 Å². The van der Waals surface area contributed by atoms with Gasteiger partial charge in [-0.05, 0) is 32.4 Å². The van der Waals surface area contributed by atoms with Crippen molar-refractivity contribution in [3.8, 4) is 0 Å². The zero-order chi connectivity index (χ0) is 14.6. The Morgan fingerprint density at radius 3 is 2.37 bits per heavy atom. The summed E-state index contributed by atoms with van der Waals surface area (Å²) in [6, 6.07) is 2.64. The Morgan fingerprint density at radius 2 is 1.89 bits per heavy atom. The molecule has 0 atom stereocenters. The van der Waals surface area contributed by atoms with Gasteiger partial charge in [0, 0.05) is 6.54 Å². The van der Waals surface area contributed by atoms with E-state index in [4.69, 9.17) is 15.3 Å². The van der Waals surface area contributed by atoms with Gasteiger partial charge in [-0.15, -0.1) is 0 Å². The van der Waals surface area contributed by atoms with Crippen molar-refractivity contribution in [3.63, 3.8) is 0 Å². The summed E-state index contributed by atoms with van der Waals surface area (Å²) in [6.45, 7) is 3.32. The Morgan fingerprint density at radius 1 is 1.32 bits per heavy atom. The maximum atomic E-state index is 11.6. The highest BCUT2D eigenvalue weighted by Crippen LogP contribution is 2.19. The van der Waals surface area contributed by atoms with Crippen LogP contribution in [0.2, 0.25) is 0 Å². The molecule has 2 amide bonds. The van der Waals surface area contributed by atoms with Gasteiger partial charge >= 0.3 is 5.97 Å². The molecule has 1 aromatic rings. The van der Waals surface area contributed by atoms with Crippen LogP contribution in [0, 0.1) is 5.41 Å². The molecule has 0 aromatic carbocycles. The highest BCUT2D eigenvalue weighted by atomic mass is 16.4. The smallest absolute Gasteiger partial charge is 0.309 e. The normalized spacial score (nSPS) is 11.1. The van der Waals surface area contributed by atoms with E-state index in [1.165, 1.54) is 12.1 Å². The van der Waals surface area contributed by atoms with Crippen LogP contribution >= 0.6 is 0 Å². The van der Waals surface area contributed by atoms with Crippen molar-refractivity contribution in [2.24, 2.45) is 11.1 Å². The molecular weight excluding hydrogens is 252 g/mol. The molecule has 0 unspecified atom stereocenters. The summed E-state index contributed by atoms with van der Waals surface area (Å²) in [5, 5.41) is 11.4. The number of aliphatic carboxylic acids is 1. The lowest BCUT2D eigenvalue weighted by Crippen LogP contribution is -2.31. The van der Waals surface area contributed by atoms with E-state index >= 15 is 0 Å². The van der Waals surface area contributed by atoms with Gasteiger partial charge < -0.3 is 20.6 Å². The molecule has 0 saturated carbocycles. The molecule has 0 aliphatic rings. The van der Waals surface area contributed by atoms with Crippen LogP contribution in [-0.4, -0.2) is 29.4 Å². The second-order valence-corrected chi connectivity index (χ2v) is 4.72. The molecule has 7 heteroatoms. The van der Waals surface area contributed by atoms with Crippen LogP contribution in [0.5, 0.6) is 0 Å². The predicted octanol–water partition coefficient (Wildman–Crippen LogP) is 0.609. The van der Waals surface area contributed by atoms with Crippen molar-refractivity contribution in [2.45, 2.75) is 20.3 Å². The second-order valence-electron chi connectivity index (χ2n) is 4.72. The van der Waals surface area contributed by atoms with Gasteiger partial charge in [0.2, 0.25) is 0 Å². The number of rotatable bonds is 6. The van der Waals surface area contributed by atoms with Crippen molar-refractivity contribution >= 4 is 17.8 Å². The molecule has 0 spiro atoms. The zero-order valence-electron chi connectivity index (χ0n) is 10.7. The van der Waals surface area contributed by atoms with Crippen molar-refractivity contribution in [3.05, 3.63) is 23.7 Å². The fraction of sp³-hybridized carbons (Fsp3) is 0.417. The molecule has 1 heterocycles. The summed E-state index contributed by atoms with van der Waals surface area (Å²) in [5.74, 6) is -2.35. The molecule has 4 N–H and O–H groups in total. The SMILES string of the molecule is CC(C)(CCNC(=O)c1ccc(C(N)=O)o1)C(=O)O. The molecule has 0 bridgehead atoms. The summed E-state index contributed by atoms with van der Waals surface area (Å²) in [7, 11) is 0. The van der Waals surface area contributed by atoms with Crippen LogP contribution in [0.4, 0.5) is 0 Å². The van der Waals surface area contributed by atoms with E-state index in [1.807, 2.05) is 0 Å². The number of carbonyl (C=O) groups excluding carboxylic acids is 2. The first kappa shape index (κ1) is 14.7. The molecule has 7 nitrogen and oxygen atoms in total. The number of amides is 2. The molecule has 0 aliphatic heterocycles. The first-order chi connectivity index (χ1) is 8.74. The van der Waals surface area contributed by atoms with Crippen molar-refractivity contribution in [2.75, 3.05) is 6.54 Å². The first-order valence-corrected chi connectivity index (χ1v) is 5.65. The predicted molar refractivity (Wildman–Crippen MR) is 65.6 cm³/mol. The minimum absolute atomic E-state index is 0.0399. The quantitative estimate of drug-likeness (QED) is 0.697. The third kappa shape index (κ3) is 3.84. The topological polar surface area (TPSA) is 123 Å². The molecule has 1 aromatic heterocycles. The van der Waals surface area contributed by atoms with E-state index < -0.39 is 23.2 Å². The Kier molecular flexibility index (Phi) is 4.31. The third-order valence-electron chi connectivity index (χ3n) is 2.69. The Balaban J connectivity index is 2.52. The Bertz CT molecular complexity index is 504. The number of furan rings is 1. The summed E-state index contributed by atoms with van der Waals surface area (Å²) in [5.41, 5.74) is 4.07. The number of hydrogen-bond acceptors (Lipinski definition) is 4. The molecule has 0 radical (unpaired) electrons. The van der Waals surface area contributed by atoms with Gasteiger partial charge in [-0.2, -0.15) is 0 Å². The summed E-state index contributed by atoms with van der Waals surface area (Å²) < 4.78 is 4.93. The second kappa shape index (κ2) is 5.55. The fourth-order valence-electron chi connectivity index (χ4n) is 1.27. The molecular formula is C12H16N2O5. The van der Waals surface area contributed by atoms with Gasteiger partial charge in [-0.3, -0.25) is 14.4 Å². The Labute approximate surface area is 109 Å². The van der Waals surface area contributed by atoms with Crippen LogP contribution in [-0.2, 0) is 4.79 Å². The van der Waals surface area contributed by atoms with E-state index in [9.17, 15) is 14.4 Å². The minimum Gasteiger partial charge on any atom is -0.481 e. The molecule has 104 valence electrons. The van der Waals surface area contributed by atoms with Crippen LogP contribution in [0.3, 0.4) is 0 Å². The molecule has 1 rings (SSSR count). The van der Waals surface area contributed by atoms with Crippen LogP contribution in [0.25, 0.3) is 0 Å². The number of carboxylic acid groups (broad SMARTS) is 1. The zero-order valence-corrected chi connectivity index (χ0v) is 10.7. The number of hydrogen-bond donors (Lipinski definition) is 3. The van der Waals surface area contributed by atoms with Gasteiger partial charge in [0.1, 0.15) is 0 Å². The molecule has 19 heavy (non-hydrogen) atoms. The van der Waals surface area contributed by atoms with Crippen LogP contribution in [0.15, 0.2) is 16.5 Å². The van der Waals surface area contributed by atoms with Crippen molar-refractivity contribution in [1.29, 1.82) is 0 Å². The van der Waals surface area contributed by atoms with Crippen LogP contribution in [0.1, 0.15) is 41.4 Å². The molecule has 0 saturated heterocycles. The van der Waals surface area contributed by atoms with Gasteiger partial charge in [0.25, 0.3) is 11.8 Å². The van der Waals surface area contributed by atoms with Crippen molar-refractivity contribution < 1.29 is 23.9 Å². The maximum Gasteiger partial charge on any atom is 0.309 e. The summed E-state index contributed by atoms with van der Waals surface area (Å²) >= 11 is 0. The number of carbonyl (C=O) groups is 3. The number of carboxylic acids is 1. The van der Waals surface area contributed by atoms with Gasteiger partial charge in [-0.1, -0.05) is 0 Å². The number of nitrogens with one attached hydrogen (secondary N) is 1. The first-order valence-electron chi connectivity index (χ1n) is 5.65. The Hall–Kier alpha value is -2.31. The number of primary amides is 1. The lowest BCUT2D eigenvalue weighted by atomic mass is 9.90. The van der Waals surface area contributed by atoms with E-state index in [0.29, 0.717) is 0 Å². The van der Waals surface area contributed by atoms with E-state index in [-0.39, 0.29) is 24.5 Å². The average molecular weight is 268 g/mol. The van der Waals surface area contributed by atoms with Gasteiger partial charge in [0.05, 0.1) is 5.41 Å². The van der Waals surface area contributed by atoms with E-state index in [2.05, 4.69) is 5.32 Å². The third-order valence-corrected chi connectivity index (χ3v) is 2.69. The fourth-order valence-corrected chi connectivity index (χ4v) is 1.27. The highest BCUT2D eigenvalue weighted by Gasteiger charge is 2.26. The molecule has 0 fully saturated rings. The highest BCUT2D eigenvalue weighted by molar-refractivity contribution is 5.95. The largest absolute Gasteiger partial charge is 0.481 e. The number of nitrogens with two attached hydrogens (primary N) is 1. The minimum atomic E-state index is -0.934. The monoisotopic (exact) mass is 268 g/mol. The summed E-state index contributed by atoms with van der Waals surface area (Å²) in [6.07, 6.45) is 0.275. The lowest BCUT2D eigenvalue weighted by molar-refractivity contribution is -0.147. The van der Waals surface area contributed by atoms with E-state index in [1.54, 1.807) is 13.8 Å². The maximum absolute atomic E-state index is 11.6. The lowest BCUT2D eigenvalue weighted by Gasteiger charge is -2.18. The van der Waals surface area contributed by atoms with E-state index in [0.717, 1.165) is 0 Å². The van der Waals surface area contributed by atoms with Gasteiger partial charge in [0.15, 0.2) is 11.5 Å². The molecule has 0 aliphatic carbocycles. The van der Waals surface area contributed by atoms with Crippen LogP contribution < -0.4 is 11.1 Å². The summed E-state index contributed by atoms with van der Waals surface area (Å²) in [4.78, 5) is 33.3. The standard InChI is InChI=1S/C12H16N2O5/c1-12(2,11(17)18)5-6-14-10(16)8-4-3-7(19-8)9(13)15/h3-4H,5-6H2,1-2H3,(H2,13,15)(H,14,16)(H,17,18).